The number of benzene rings is 1. The number of aliphatic hydroxyl groups excluding tert-OH is 1. The van der Waals surface area contributed by atoms with E-state index >= 15 is 0 Å². The topological polar surface area (TPSA) is 51.2 Å². The van der Waals surface area contributed by atoms with Gasteiger partial charge in [0.1, 0.15) is 6.10 Å². The zero-order chi connectivity index (χ0) is 22.9. The maximum Gasteiger partial charge on any atom is 0.174 e. The summed E-state index contributed by atoms with van der Waals surface area (Å²) in [5.41, 5.74) is 0.364. The molecule has 31 heavy (non-hydrogen) atoms. The van der Waals surface area contributed by atoms with Crippen molar-refractivity contribution in [2.75, 3.05) is 19.8 Å². The molecule has 2 heterocycles. The molecular formula is C26H43NO4. The first-order valence-corrected chi connectivity index (χ1v) is 12.0. The largest absolute Gasteiger partial charge is 0.396 e. The molecule has 0 bridgehead atoms. The minimum Gasteiger partial charge on any atom is -0.396 e. The quantitative estimate of drug-likeness (QED) is 0.616. The highest BCUT2D eigenvalue weighted by molar-refractivity contribution is 5.17. The molecular weight excluding hydrogens is 390 g/mol. The van der Waals surface area contributed by atoms with Gasteiger partial charge in [-0.3, -0.25) is 4.84 Å². The lowest BCUT2D eigenvalue weighted by Crippen LogP contribution is -2.74. The summed E-state index contributed by atoms with van der Waals surface area (Å²) < 4.78 is 13.2. The van der Waals surface area contributed by atoms with Gasteiger partial charge in [0.15, 0.2) is 5.79 Å². The van der Waals surface area contributed by atoms with Crippen LogP contribution < -0.4 is 0 Å². The van der Waals surface area contributed by atoms with Crippen LogP contribution in [0.1, 0.15) is 85.8 Å². The van der Waals surface area contributed by atoms with Crippen LogP contribution in [0, 0.1) is 11.3 Å². The Hall–Kier alpha value is -0.980. The van der Waals surface area contributed by atoms with Crippen LogP contribution in [0.3, 0.4) is 0 Å². The van der Waals surface area contributed by atoms with E-state index in [0.717, 1.165) is 25.7 Å². The third-order valence-electron chi connectivity index (χ3n) is 8.51. The van der Waals surface area contributed by atoms with E-state index in [4.69, 9.17) is 14.3 Å². The molecule has 0 radical (unpaired) electrons. The molecule has 0 aromatic heterocycles. The van der Waals surface area contributed by atoms with Crippen molar-refractivity contribution < 1.29 is 19.4 Å². The fourth-order valence-corrected chi connectivity index (χ4v) is 5.32. The molecule has 2 fully saturated rings. The zero-order valence-electron chi connectivity index (χ0n) is 20.6. The van der Waals surface area contributed by atoms with Gasteiger partial charge in [0.25, 0.3) is 0 Å². The molecule has 1 aromatic rings. The van der Waals surface area contributed by atoms with Gasteiger partial charge in [0.2, 0.25) is 0 Å². The summed E-state index contributed by atoms with van der Waals surface area (Å²) >= 11 is 0. The van der Waals surface area contributed by atoms with E-state index in [-0.39, 0.29) is 35.1 Å². The van der Waals surface area contributed by atoms with E-state index in [9.17, 15) is 5.11 Å². The molecule has 1 spiro atoms. The van der Waals surface area contributed by atoms with Gasteiger partial charge in [-0.05, 0) is 45.6 Å². The monoisotopic (exact) mass is 433 g/mol. The molecule has 3 rings (SSSR count). The number of hydroxylamine groups is 2. The van der Waals surface area contributed by atoms with Gasteiger partial charge < -0.3 is 14.6 Å². The zero-order valence-corrected chi connectivity index (χ0v) is 20.6. The molecule has 176 valence electrons. The van der Waals surface area contributed by atoms with Gasteiger partial charge in [-0.15, -0.1) is 0 Å². The summed E-state index contributed by atoms with van der Waals surface area (Å²) in [6.45, 7) is 16.6. The van der Waals surface area contributed by atoms with Gasteiger partial charge in [-0.1, -0.05) is 58.0 Å². The van der Waals surface area contributed by atoms with Crippen molar-refractivity contribution >= 4 is 0 Å². The number of rotatable bonds is 7. The van der Waals surface area contributed by atoms with Crippen LogP contribution >= 0.6 is 0 Å². The summed E-state index contributed by atoms with van der Waals surface area (Å²) in [6, 6.07) is 10.4. The van der Waals surface area contributed by atoms with Gasteiger partial charge in [-0.25, -0.2) is 0 Å². The Morgan fingerprint density at radius 1 is 1.06 bits per heavy atom. The van der Waals surface area contributed by atoms with Crippen LogP contribution in [0.15, 0.2) is 30.3 Å². The summed E-state index contributed by atoms with van der Waals surface area (Å²) in [5.74, 6) is -0.569. The molecule has 4 unspecified atom stereocenters. The average molecular weight is 434 g/mol. The Bertz CT molecular complexity index is 711. The van der Waals surface area contributed by atoms with Crippen LogP contribution in [0.2, 0.25) is 0 Å². The first-order valence-electron chi connectivity index (χ1n) is 12.0. The molecule has 0 saturated carbocycles. The van der Waals surface area contributed by atoms with Gasteiger partial charge >= 0.3 is 0 Å². The standard InChI is InChI=1S/C26H43NO4/c1-8-23(6)16-26(29-18-25(10-3,17-28)19-30-26)21(5)24(7,9-2)27(23)31-20(4)22-14-12-11-13-15-22/h11-15,20-21,28H,8-10,16-19H2,1-7H3. The lowest BCUT2D eigenvalue weighted by molar-refractivity contribution is -0.417. The van der Waals surface area contributed by atoms with Crippen molar-refractivity contribution in [3.63, 3.8) is 0 Å². The number of piperidine rings is 1. The van der Waals surface area contributed by atoms with Gasteiger partial charge in [0, 0.05) is 23.3 Å². The van der Waals surface area contributed by atoms with Crippen molar-refractivity contribution in [1.82, 2.24) is 5.06 Å². The first kappa shape index (κ1) is 24.7. The number of hydrogen-bond donors (Lipinski definition) is 1. The van der Waals surface area contributed by atoms with E-state index in [1.165, 1.54) is 5.56 Å². The molecule has 1 N–H and O–H groups in total. The normalized spacial score (nSPS) is 40.2. The minimum atomic E-state index is -0.667. The van der Waals surface area contributed by atoms with Crippen molar-refractivity contribution in [2.24, 2.45) is 11.3 Å². The van der Waals surface area contributed by atoms with Crippen LogP contribution in [0.5, 0.6) is 0 Å². The number of nitrogens with zero attached hydrogens (tertiary/aromatic N) is 1. The fourth-order valence-electron chi connectivity index (χ4n) is 5.32. The molecule has 5 nitrogen and oxygen atoms in total. The van der Waals surface area contributed by atoms with Gasteiger partial charge in [-0.2, -0.15) is 5.06 Å². The highest BCUT2D eigenvalue weighted by atomic mass is 16.7. The second-order valence-electron chi connectivity index (χ2n) is 10.3. The van der Waals surface area contributed by atoms with E-state index in [2.05, 4.69) is 77.8 Å². The number of ether oxygens (including phenoxy) is 2. The molecule has 1 aromatic carbocycles. The van der Waals surface area contributed by atoms with Crippen molar-refractivity contribution in [3.05, 3.63) is 35.9 Å². The van der Waals surface area contributed by atoms with E-state index in [0.29, 0.717) is 13.2 Å². The van der Waals surface area contributed by atoms with Crippen molar-refractivity contribution in [1.29, 1.82) is 0 Å². The average Bonchev–Trinajstić information content (AvgIpc) is 2.81. The lowest BCUT2D eigenvalue weighted by Gasteiger charge is -2.64. The highest BCUT2D eigenvalue weighted by Crippen LogP contribution is 2.55. The fraction of sp³-hybridized carbons (Fsp3) is 0.769. The maximum absolute atomic E-state index is 9.95. The third kappa shape index (κ3) is 4.20. The summed E-state index contributed by atoms with van der Waals surface area (Å²) in [6.07, 6.45) is 3.37. The summed E-state index contributed by atoms with van der Waals surface area (Å²) in [7, 11) is 0. The second-order valence-corrected chi connectivity index (χ2v) is 10.3. The number of aliphatic hydroxyl groups is 1. The highest BCUT2D eigenvalue weighted by Gasteiger charge is 2.63. The molecule has 4 atom stereocenters. The predicted molar refractivity (Wildman–Crippen MR) is 123 cm³/mol. The second kappa shape index (κ2) is 9.11. The maximum atomic E-state index is 9.95. The Kier molecular flexibility index (Phi) is 7.24. The van der Waals surface area contributed by atoms with E-state index < -0.39 is 5.79 Å². The van der Waals surface area contributed by atoms with Crippen LogP contribution in [-0.2, 0) is 14.3 Å². The van der Waals surface area contributed by atoms with Crippen molar-refractivity contribution in [2.45, 2.75) is 97.1 Å². The first-order chi connectivity index (χ1) is 14.6. The van der Waals surface area contributed by atoms with E-state index in [1.54, 1.807) is 0 Å². The lowest BCUT2D eigenvalue weighted by atomic mass is 9.66. The molecule has 5 heteroatoms. The summed E-state index contributed by atoms with van der Waals surface area (Å²) in [4.78, 5) is 6.76. The van der Waals surface area contributed by atoms with Gasteiger partial charge in [0.05, 0.1) is 25.4 Å². The van der Waals surface area contributed by atoms with Crippen LogP contribution in [0.4, 0.5) is 0 Å². The molecule has 2 saturated heterocycles. The molecule has 0 aliphatic carbocycles. The predicted octanol–water partition coefficient (Wildman–Crippen LogP) is 5.49. The summed E-state index contributed by atoms with van der Waals surface area (Å²) in [5, 5.41) is 12.2. The molecule has 2 aliphatic heterocycles. The SMILES string of the molecule is CCC1(CO)COC2(CC(C)(CC)N(OC(C)c3ccccc3)C(C)(CC)C2C)OC1. The molecule has 2 aliphatic rings. The Balaban J connectivity index is 1.93. The Morgan fingerprint density at radius 3 is 2.16 bits per heavy atom. The van der Waals surface area contributed by atoms with Crippen LogP contribution in [-0.4, -0.2) is 46.9 Å². The van der Waals surface area contributed by atoms with Crippen molar-refractivity contribution in [3.8, 4) is 0 Å². The Morgan fingerprint density at radius 2 is 1.68 bits per heavy atom. The Labute approximate surface area is 189 Å². The third-order valence-corrected chi connectivity index (χ3v) is 8.51. The minimum absolute atomic E-state index is 0.0467. The van der Waals surface area contributed by atoms with Crippen LogP contribution in [0.25, 0.3) is 0 Å². The number of hydrogen-bond acceptors (Lipinski definition) is 5. The smallest absolute Gasteiger partial charge is 0.174 e. The van der Waals surface area contributed by atoms with E-state index in [1.807, 2.05) is 6.07 Å². The molecule has 0 amide bonds.